The van der Waals surface area contributed by atoms with Gasteiger partial charge >= 0.3 is 0 Å². The minimum Gasteiger partial charge on any atom is -0.336 e. The second kappa shape index (κ2) is 11.2. The van der Waals surface area contributed by atoms with Crippen molar-refractivity contribution in [2.45, 2.75) is 11.4 Å². The lowest BCUT2D eigenvalue weighted by Crippen LogP contribution is -2.50. The number of piperazine rings is 1. The maximum Gasteiger partial charge on any atom is 0.253 e. The summed E-state index contributed by atoms with van der Waals surface area (Å²) in [4.78, 5) is 15.0. The number of halogens is 2. The van der Waals surface area contributed by atoms with Crippen LogP contribution >= 0.6 is 24.0 Å². The topological polar surface area (TPSA) is 83.7 Å². The van der Waals surface area contributed by atoms with Crippen molar-refractivity contribution in [3.63, 3.8) is 0 Å². The highest BCUT2D eigenvalue weighted by Gasteiger charge is 2.30. The van der Waals surface area contributed by atoms with Gasteiger partial charge < -0.3 is 10.6 Å². The minimum atomic E-state index is -3.67. The van der Waals surface area contributed by atoms with Crippen molar-refractivity contribution in [2.75, 3.05) is 26.2 Å². The number of hydrogen-bond acceptors (Lipinski definition) is 4. The van der Waals surface area contributed by atoms with Crippen LogP contribution in [0.3, 0.4) is 0 Å². The fourth-order valence-electron chi connectivity index (χ4n) is 4.59. The Kier molecular flexibility index (Phi) is 8.21. The Labute approximate surface area is 228 Å². The Balaban J connectivity index is 0.00000320. The van der Waals surface area contributed by atoms with E-state index in [9.17, 15) is 13.2 Å². The van der Waals surface area contributed by atoms with Gasteiger partial charge in [0.05, 0.1) is 4.90 Å². The van der Waals surface area contributed by atoms with E-state index in [0.717, 1.165) is 27.5 Å². The molecule has 2 N–H and O–H groups in total. The van der Waals surface area contributed by atoms with E-state index in [4.69, 9.17) is 17.3 Å². The number of amides is 1. The number of nitrogens with zero attached hydrogens (tertiary/aromatic N) is 2. The average Bonchev–Trinajstić information content (AvgIpc) is 2.92. The zero-order valence-corrected chi connectivity index (χ0v) is 22.4. The maximum atomic E-state index is 13.3. The first kappa shape index (κ1) is 27.1. The fourth-order valence-corrected chi connectivity index (χ4v) is 6.23. The predicted molar refractivity (Wildman–Crippen MR) is 151 cm³/mol. The van der Waals surface area contributed by atoms with Crippen LogP contribution in [0.25, 0.3) is 21.9 Å². The van der Waals surface area contributed by atoms with Gasteiger partial charge in [0.1, 0.15) is 0 Å². The van der Waals surface area contributed by atoms with Crippen molar-refractivity contribution in [1.29, 1.82) is 0 Å². The summed E-state index contributed by atoms with van der Waals surface area (Å²) >= 11 is 6.04. The molecule has 0 aliphatic carbocycles. The van der Waals surface area contributed by atoms with Gasteiger partial charge in [0.25, 0.3) is 5.91 Å². The monoisotopic (exact) mass is 555 g/mol. The molecule has 0 atom stereocenters. The van der Waals surface area contributed by atoms with E-state index in [2.05, 4.69) is 0 Å². The highest BCUT2D eigenvalue weighted by Crippen LogP contribution is 2.26. The molecule has 1 saturated heterocycles. The third-order valence-corrected chi connectivity index (χ3v) is 8.75. The number of nitrogens with two attached hydrogens (primary N) is 1. The standard InChI is InChI=1S/C28H26ClN3O3S.ClH/c29-25-11-9-23-18-26(12-10-22(23)17-25)36(34,35)32-15-13-31(14-16-32)28(33)21-7-5-20(6-8-21)27-4-2-1-3-24(27)19-30;/h1-12,17-18H,13-16,19,30H2;1H. The molecule has 6 nitrogen and oxygen atoms in total. The molecule has 0 aromatic heterocycles. The molecule has 192 valence electrons. The molecule has 9 heteroatoms. The summed E-state index contributed by atoms with van der Waals surface area (Å²) in [6.45, 7) is 1.60. The van der Waals surface area contributed by atoms with Gasteiger partial charge in [-0.3, -0.25) is 4.79 Å². The highest BCUT2D eigenvalue weighted by molar-refractivity contribution is 7.89. The summed E-state index contributed by atoms with van der Waals surface area (Å²) in [5, 5.41) is 2.30. The number of rotatable bonds is 5. The third kappa shape index (κ3) is 5.51. The molecule has 5 rings (SSSR count). The van der Waals surface area contributed by atoms with Crippen LogP contribution in [0.15, 0.2) is 89.8 Å². The van der Waals surface area contributed by atoms with Crippen molar-refractivity contribution in [1.82, 2.24) is 9.21 Å². The van der Waals surface area contributed by atoms with Gasteiger partial charge in [-0.15, -0.1) is 12.4 Å². The Morgan fingerprint density at radius 3 is 2.19 bits per heavy atom. The first-order chi connectivity index (χ1) is 17.4. The molecule has 4 aromatic carbocycles. The molecule has 0 bridgehead atoms. The molecule has 37 heavy (non-hydrogen) atoms. The van der Waals surface area contributed by atoms with E-state index < -0.39 is 10.0 Å². The molecule has 1 aliphatic heterocycles. The molecule has 1 amide bonds. The summed E-state index contributed by atoms with van der Waals surface area (Å²) in [6.07, 6.45) is 0. The normalized spacial score (nSPS) is 14.4. The maximum absolute atomic E-state index is 13.3. The molecule has 0 unspecified atom stereocenters. The molecule has 0 radical (unpaired) electrons. The zero-order valence-electron chi connectivity index (χ0n) is 20.0. The van der Waals surface area contributed by atoms with Crippen molar-refractivity contribution in [3.8, 4) is 11.1 Å². The fraction of sp³-hybridized carbons (Fsp3) is 0.179. The van der Waals surface area contributed by atoms with Crippen LogP contribution in [0.2, 0.25) is 5.02 Å². The van der Waals surface area contributed by atoms with Crippen LogP contribution < -0.4 is 5.73 Å². The van der Waals surface area contributed by atoms with E-state index in [-0.39, 0.29) is 36.3 Å². The number of benzene rings is 4. The lowest BCUT2D eigenvalue weighted by molar-refractivity contribution is 0.0698. The minimum absolute atomic E-state index is 0. The van der Waals surface area contributed by atoms with Gasteiger partial charge in [0.2, 0.25) is 10.0 Å². The van der Waals surface area contributed by atoms with Crippen molar-refractivity contribution in [3.05, 3.63) is 101 Å². The molecule has 1 aliphatic rings. The van der Waals surface area contributed by atoms with Gasteiger partial charge in [0, 0.05) is 43.3 Å². The van der Waals surface area contributed by atoms with Crippen LogP contribution in [0.4, 0.5) is 0 Å². The Morgan fingerprint density at radius 1 is 0.838 bits per heavy atom. The quantitative estimate of drug-likeness (QED) is 0.367. The first-order valence-corrected chi connectivity index (χ1v) is 13.6. The first-order valence-electron chi connectivity index (χ1n) is 11.7. The van der Waals surface area contributed by atoms with E-state index >= 15 is 0 Å². The van der Waals surface area contributed by atoms with E-state index in [1.54, 1.807) is 35.2 Å². The van der Waals surface area contributed by atoms with Gasteiger partial charge in [-0.2, -0.15) is 4.31 Å². The smallest absolute Gasteiger partial charge is 0.253 e. The Morgan fingerprint density at radius 2 is 1.49 bits per heavy atom. The second-order valence-corrected chi connectivity index (χ2v) is 11.2. The Hall–Kier alpha value is -2.94. The van der Waals surface area contributed by atoms with E-state index in [0.29, 0.717) is 30.2 Å². The van der Waals surface area contributed by atoms with E-state index in [1.165, 1.54) is 4.31 Å². The van der Waals surface area contributed by atoms with Gasteiger partial charge in [-0.25, -0.2) is 8.42 Å². The average molecular weight is 557 g/mol. The van der Waals surface area contributed by atoms with Gasteiger partial charge in [0.15, 0.2) is 0 Å². The molecular weight excluding hydrogens is 529 g/mol. The number of hydrogen-bond donors (Lipinski definition) is 1. The van der Waals surface area contributed by atoms with Gasteiger partial charge in [-0.05, 0) is 63.9 Å². The molecule has 4 aromatic rings. The number of sulfonamides is 1. The van der Waals surface area contributed by atoms with Crippen LogP contribution in [0, 0.1) is 0 Å². The largest absolute Gasteiger partial charge is 0.336 e. The Bertz CT molecular complexity index is 1530. The number of carbonyl (C=O) groups excluding carboxylic acids is 1. The summed E-state index contributed by atoms with van der Waals surface area (Å²) in [7, 11) is -3.67. The SMILES string of the molecule is Cl.NCc1ccccc1-c1ccc(C(=O)N2CCN(S(=O)(=O)c3ccc4cc(Cl)ccc4c3)CC2)cc1. The van der Waals surface area contributed by atoms with Crippen LogP contribution in [-0.4, -0.2) is 49.7 Å². The molecule has 0 saturated carbocycles. The predicted octanol–water partition coefficient (Wildman–Crippen LogP) is 5.19. The zero-order chi connectivity index (χ0) is 25.3. The second-order valence-electron chi connectivity index (χ2n) is 8.79. The van der Waals surface area contributed by atoms with Crippen LogP contribution in [0.5, 0.6) is 0 Å². The van der Waals surface area contributed by atoms with Crippen LogP contribution in [-0.2, 0) is 16.6 Å². The molecule has 1 heterocycles. The summed E-state index contributed by atoms with van der Waals surface area (Å²) in [6, 6.07) is 25.8. The summed E-state index contributed by atoms with van der Waals surface area (Å²) in [5.74, 6) is -0.103. The van der Waals surface area contributed by atoms with Crippen molar-refractivity contribution in [2.24, 2.45) is 5.73 Å². The highest BCUT2D eigenvalue weighted by atomic mass is 35.5. The van der Waals surface area contributed by atoms with Crippen LogP contribution in [0.1, 0.15) is 15.9 Å². The molecular formula is C28H27Cl2N3O3S. The summed E-state index contributed by atoms with van der Waals surface area (Å²) < 4.78 is 28.0. The van der Waals surface area contributed by atoms with Crippen molar-refractivity contribution < 1.29 is 13.2 Å². The molecule has 0 spiro atoms. The van der Waals surface area contributed by atoms with E-state index in [1.807, 2.05) is 54.6 Å². The third-order valence-electron chi connectivity index (χ3n) is 6.62. The van der Waals surface area contributed by atoms with Crippen molar-refractivity contribution >= 4 is 50.7 Å². The number of fused-ring (bicyclic) bond motifs is 1. The summed E-state index contributed by atoms with van der Waals surface area (Å²) in [5.41, 5.74) is 9.53. The lowest BCUT2D eigenvalue weighted by Gasteiger charge is -2.34. The number of carbonyl (C=O) groups is 1. The molecule has 1 fully saturated rings. The van der Waals surface area contributed by atoms with Gasteiger partial charge in [-0.1, -0.05) is 60.1 Å². The lowest BCUT2D eigenvalue weighted by atomic mass is 9.98.